The van der Waals surface area contributed by atoms with Crippen LogP contribution in [-0.4, -0.2) is 32.2 Å². The lowest BCUT2D eigenvalue weighted by Crippen LogP contribution is -2.27. The largest absolute Gasteiger partial charge is 0.469 e. The zero-order valence-electron chi connectivity index (χ0n) is 12.6. The third-order valence-corrected chi connectivity index (χ3v) is 3.76. The average Bonchev–Trinajstić information content (AvgIpc) is 2.93. The minimum Gasteiger partial charge on any atom is -0.469 e. The number of hydrogen-bond acceptors (Lipinski definition) is 3. The maximum Gasteiger partial charge on any atom is 0.321 e. The molecular weight excluding hydrogens is 268 g/mol. The van der Waals surface area contributed by atoms with Crippen molar-refractivity contribution in [2.24, 2.45) is 5.92 Å². The molecule has 1 heterocycles. The molecule has 5 nitrogen and oxygen atoms in total. The van der Waals surface area contributed by atoms with Crippen molar-refractivity contribution in [2.75, 3.05) is 25.1 Å². The smallest absolute Gasteiger partial charge is 0.321 e. The highest BCUT2D eigenvalue weighted by Gasteiger charge is 2.22. The molecule has 1 aliphatic rings. The Labute approximate surface area is 125 Å². The summed E-state index contributed by atoms with van der Waals surface area (Å²) in [5, 5.41) is 2.78. The number of nitrogens with one attached hydrogen (secondary N) is 1. The van der Waals surface area contributed by atoms with Crippen molar-refractivity contribution in [3.63, 3.8) is 0 Å². The highest BCUT2D eigenvalue weighted by atomic mass is 16.5. The predicted molar refractivity (Wildman–Crippen MR) is 81.3 cm³/mol. The first-order valence-corrected chi connectivity index (χ1v) is 7.37. The molecule has 5 heteroatoms. The third-order valence-electron chi connectivity index (χ3n) is 3.76. The van der Waals surface area contributed by atoms with Gasteiger partial charge in [-0.1, -0.05) is 25.5 Å². The van der Waals surface area contributed by atoms with E-state index in [1.165, 1.54) is 7.11 Å². The fourth-order valence-electron chi connectivity index (χ4n) is 2.63. The Balaban J connectivity index is 2.04. The molecule has 1 atom stereocenters. The van der Waals surface area contributed by atoms with Crippen LogP contribution in [0.15, 0.2) is 24.3 Å². The number of carbonyl (C=O) groups excluding carboxylic acids is 2. The maximum atomic E-state index is 11.7. The first-order chi connectivity index (χ1) is 10.2. The lowest BCUT2D eigenvalue weighted by molar-refractivity contribution is -0.145. The number of ether oxygens (including phenoxy) is 1. The lowest BCUT2D eigenvalue weighted by Gasteiger charge is -2.16. The van der Waals surface area contributed by atoms with Crippen LogP contribution >= 0.6 is 0 Å². The quantitative estimate of drug-likeness (QED) is 0.818. The molecular formula is C16H22N2O3. The second-order valence-corrected chi connectivity index (χ2v) is 5.26. The van der Waals surface area contributed by atoms with Crippen molar-refractivity contribution < 1.29 is 14.3 Å². The van der Waals surface area contributed by atoms with Crippen LogP contribution in [0.1, 0.15) is 25.3 Å². The third kappa shape index (κ3) is 3.74. The zero-order valence-corrected chi connectivity index (χ0v) is 12.6. The summed E-state index contributed by atoms with van der Waals surface area (Å²) < 4.78 is 4.86. The van der Waals surface area contributed by atoms with Gasteiger partial charge >= 0.3 is 12.0 Å². The van der Waals surface area contributed by atoms with Gasteiger partial charge in [0.05, 0.1) is 13.0 Å². The van der Waals surface area contributed by atoms with Crippen LogP contribution in [0.25, 0.3) is 0 Å². The zero-order chi connectivity index (χ0) is 15.2. The molecule has 1 saturated heterocycles. The van der Waals surface area contributed by atoms with Gasteiger partial charge in [-0.15, -0.1) is 0 Å². The molecule has 1 fully saturated rings. The molecule has 0 spiro atoms. The van der Waals surface area contributed by atoms with E-state index in [2.05, 4.69) is 12.2 Å². The monoisotopic (exact) mass is 290 g/mol. The van der Waals surface area contributed by atoms with Crippen molar-refractivity contribution in [3.05, 3.63) is 29.8 Å². The van der Waals surface area contributed by atoms with Crippen molar-refractivity contribution in [1.82, 2.24) is 5.32 Å². The van der Waals surface area contributed by atoms with E-state index < -0.39 is 0 Å². The van der Waals surface area contributed by atoms with E-state index in [4.69, 9.17) is 4.74 Å². The van der Waals surface area contributed by atoms with E-state index in [-0.39, 0.29) is 17.9 Å². The highest BCUT2D eigenvalue weighted by molar-refractivity contribution is 5.93. The van der Waals surface area contributed by atoms with Crippen LogP contribution in [0.4, 0.5) is 10.5 Å². The minimum atomic E-state index is -0.153. The standard InChI is InChI=1S/C16H22N2O3/c1-3-4-13(15(19)21-2)11-12-5-7-14(8-6-12)18-10-9-17-16(18)20/h5-8,13H,3-4,9-11H2,1-2H3,(H,17,20). The summed E-state index contributed by atoms with van der Waals surface area (Å²) in [6.07, 6.45) is 2.45. The number of methoxy groups -OCH3 is 1. The molecule has 2 rings (SSSR count). The molecule has 114 valence electrons. The topological polar surface area (TPSA) is 58.6 Å². The molecule has 2 amide bonds. The van der Waals surface area contributed by atoms with Gasteiger partial charge in [-0.25, -0.2) is 4.79 Å². The molecule has 0 aliphatic carbocycles. The Hall–Kier alpha value is -2.04. The van der Waals surface area contributed by atoms with Gasteiger partial charge in [-0.05, 0) is 30.5 Å². The minimum absolute atomic E-state index is 0.0545. The molecule has 0 bridgehead atoms. The normalized spacial score (nSPS) is 15.7. The fourth-order valence-corrected chi connectivity index (χ4v) is 2.63. The van der Waals surface area contributed by atoms with E-state index >= 15 is 0 Å². The predicted octanol–water partition coefficient (Wildman–Crippen LogP) is 2.35. The molecule has 21 heavy (non-hydrogen) atoms. The second kappa shape index (κ2) is 7.11. The van der Waals surface area contributed by atoms with Crippen LogP contribution in [0.2, 0.25) is 0 Å². The number of benzene rings is 1. The molecule has 0 aromatic heterocycles. The Bertz CT molecular complexity index is 499. The Morgan fingerprint density at radius 1 is 1.38 bits per heavy atom. The summed E-state index contributed by atoms with van der Waals surface area (Å²) in [5.41, 5.74) is 1.97. The van der Waals surface area contributed by atoms with Crippen LogP contribution < -0.4 is 10.2 Å². The lowest BCUT2D eigenvalue weighted by atomic mass is 9.95. The van der Waals surface area contributed by atoms with E-state index in [9.17, 15) is 9.59 Å². The number of esters is 1. The van der Waals surface area contributed by atoms with Gasteiger partial charge < -0.3 is 10.1 Å². The average molecular weight is 290 g/mol. The van der Waals surface area contributed by atoms with E-state index in [0.717, 1.165) is 24.1 Å². The van der Waals surface area contributed by atoms with Crippen molar-refractivity contribution in [1.29, 1.82) is 0 Å². The summed E-state index contributed by atoms with van der Waals surface area (Å²) in [6, 6.07) is 7.77. The Morgan fingerprint density at radius 3 is 2.62 bits per heavy atom. The summed E-state index contributed by atoms with van der Waals surface area (Å²) in [6.45, 7) is 3.44. The number of rotatable bonds is 6. The number of nitrogens with zero attached hydrogens (tertiary/aromatic N) is 1. The van der Waals surface area contributed by atoms with Crippen LogP contribution in [0.3, 0.4) is 0 Å². The van der Waals surface area contributed by atoms with Gasteiger partial charge in [0.2, 0.25) is 0 Å². The summed E-state index contributed by atoms with van der Waals surface area (Å²) >= 11 is 0. The Morgan fingerprint density at radius 2 is 2.10 bits per heavy atom. The van der Waals surface area contributed by atoms with Gasteiger partial charge in [0.15, 0.2) is 0 Å². The molecule has 1 aromatic carbocycles. The molecule has 1 aliphatic heterocycles. The molecule has 1 unspecified atom stereocenters. The number of urea groups is 1. The van der Waals surface area contributed by atoms with Gasteiger partial charge in [0, 0.05) is 18.8 Å². The molecule has 1 N–H and O–H groups in total. The molecule has 0 radical (unpaired) electrons. The second-order valence-electron chi connectivity index (χ2n) is 5.26. The highest BCUT2D eigenvalue weighted by Crippen LogP contribution is 2.21. The SMILES string of the molecule is CCCC(Cc1ccc(N2CCNC2=O)cc1)C(=O)OC. The van der Waals surface area contributed by atoms with E-state index in [0.29, 0.717) is 19.5 Å². The maximum absolute atomic E-state index is 11.7. The van der Waals surface area contributed by atoms with Gasteiger partial charge in [-0.3, -0.25) is 9.69 Å². The summed E-state index contributed by atoms with van der Waals surface area (Å²) in [4.78, 5) is 25.1. The van der Waals surface area contributed by atoms with Crippen molar-refractivity contribution in [2.45, 2.75) is 26.2 Å². The molecule has 0 saturated carbocycles. The summed E-state index contributed by atoms with van der Waals surface area (Å²) in [7, 11) is 1.43. The van der Waals surface area contributed by atoms with Gasteiger partial charge in [0.1, 0.15) is 0 Å². The van der Waals surface area contributed by atoms with Crippen molar-refractivity contribution >= 4 is 17.7 Å². The fraction of sp³-hybridized carbons (Fsp3) is 0.500. The van der Waals surface area contributed by atoms with Crippen LogP contribution in [0, 0.1) is 5.92 Å². The first-order valence-electron chi connectivity index (χ1n) is 7.37. The van der Waals surface area contributed by atoms with Crippen LogP contribution in [0.5, 0.6) is 0 Å². The first kappa shape index (κ1) is 15.4. The van der Waals surface area contributed by atoms with Gasteiger partial charge in [0.25, 0.3) is 0 Å². The number of hydrogen-bond donors (Lipinski definition) is 1. The summed E-state index contributed by atoms with van der Waals surface area (Å²) in [5.74, 6) is -0.249. The number of anilines is 1. The van der Waals surface area contributed by atoms with E-state index in [1.54, 1.807) is 4.90 Å². The number of amides is 2. The number of carbonyl (C=O) groups is 2. The van der Waals surface area contributed by atoms with Crippen LogP contribution in [-0.2, 0) is 16.0 Å². The Kier molecular flexibility index (Phi) is 5.20. The van der Waals surface area contributed by atoms with Crippen molar-refractivity contribution in [3.8, 4) is 0 Å². The van der Waals surface area contributed by atoms with Gasteiger partial charge in [-0.2, -0.15) is 0 Å². The van der Waals surface area contributed by atoms with E-state index in [1.807, 2.05) is 24.3 Å². The molecule has 1 aromatic rings.